The van der Waals surface area contributed by atoms with Crippen LogP contribution in [-0.4, -0.2) is 61.1 Å². The first-order valence-corrected chi connectivity index (χ1v) is 14.4. The third kappa shape index (κ3) is 10.3. The highest BCUT2D eigenvalue weighted by Crippen LogP contribution is 2.34. The molecule has 1 aliphatic heterocycles. The topological polar surface area (TPSA) is 104 Å². The molecule has 0 radical (unpaired) electrons. The maximum atomic E-state index is 14.1. The summed E-state index contributed by atoms with van der Waals surface area (Å²) in [6.07, 6.45) is 7.37. The predicted molar refractivity (Wildman–Crippen MR) is 135 cm³/mol. The number of halogens is 2. The number of amides is 2. The third-order valence-corrected chi connectivity index (χ3v) is 6.97. The minimum absolute atomic E-state index is 0.0454. The Morgan fingerprint density at radius 2 is 1.86 bits per heavy atom. The van der Waals surface area contributed by atoms with Crippen LogP contribution in [0, 0.1) is 5.92 Å². The second-order valence-corrected chi connectivity index (χ2v) is 11.4. The van der Waals surface area contributed by atoms with E-state index in [0.717, 1.165) is 25.5 Å². The first-order valence-electron chi connectivity index (χ1n) is 12.5. The smallest absolute Gasteiger partial charge is 0.327 e. The van der Waals surface area contributed by atoms with Gasteiger partial charge in [0.25, 0.3) is 5.91 Å². The summed E-state index contributed by atoms with van der Waals surface area (Å²) in [7, 11) is -3.58. The zero-order valence-electron chi connectivity index (χ0n) is 21.0. The molecule has 202 valence electrons. The number of hydrogen-bond donors (Lipinski definition) is 2. The van der Waals surface area contributed by atoms with Crippen molar-refractivity contribution >= 4 is 21.8 Å². The Labute approximate surface area is 213 Å². The van der Waals surface area contributed by atoms with Gasteiger partial charge < -0.3 is 10.0 Å². The molecule has 2 rings (SSSR count). The van der Waals surface area contributed by atoms with E-state index in [1.165, 1.54) is 22.6 Å². The number of sulfonamides is 1. The molecule has 2 unspecified atom stereocenters. The van der Waals surface area contributed by atoms with Crippen LogP contribution in [0.15, 0.2) is 42.5 Å². The molecular weight excluding hydrogens is 490 g/mol. The molecule has 1 aromatic carbocycles. The first-order chi connectivity index (χ1) is 16.9. The molecule has 1 saturated heterocycles. The Kier molecular flexibility index (Phi) is 11.5. The van der Waals surface area contributed by atoms with Crippen LogP contribution >= 0.6 is 0 Å². The van der Waals surface area contributed by atoms with Crippen molar-refractivity contribution in [3.8, 4) is 0 Å². The number of benzene rings is 1. The Balaban J connectivity index is 1.77. The van der Waals surface area contributed by atoms with E-state index in [2.05, 4.69) is 12.1 Å². The molecule has 1 aromatic rings. The van der Waals surface area contributed by atoms with Crippen molar-refractivity contribution in [2.45, 2.75) is 82.8 Å². The summed E-state index contributed by atoms with van der Waals surface area (Å²) in [5, 5.41) is 10.5. The number of hydrogen-bond acceptors (Lipinski definition) is 5. The van der Waals surface area contributed by atoms with E-state index in [0.29, 0.717) is 25.7 Å². The van der Waals surface area contributed by atoms with Crippen molar-refractivity contribution in [2.75, 3.05) is 12.8 Å². The van der Waals surface area contributed by atoms with E-state index in [4.69, 9.17) is 0 Å². The second kappa shape index (κ2) is 13.8. The number of carbonyl (C=O) groups excluding carboxylic acids is 2. The van der Waals surface area contributed by atoms with Crippen molar-refractivity contribution < 1.29 is 31.9 Å². The van der Waals surface area contributed by atoms with Crippen LogP contribution in [0.3, 0.4) is 0 Å². The van der Waals surface area contributed by atoms with Crippen molar-refractivity contribution in [3.05, 3.63) is 48.0 Å². The third-order valence-electron chi connectivity index (χ3n) is 6.37. The van der Waals surface area contributed by atoms with Gasteiger partial charge in [-0.05, 0) is 43.6 Å². The lowest BCUT2D eigenvalue weighted by molar-refractivity contribution is -0.148. The molecule has 1 aliphatic rings. The number of aliphatic hydroxyl groups is 1. The molecule has 36 heavy (non-hydrogen) atoms. The summed E-state index contributed by atoms with van der Waals surface area (Å²) >= 11 is 0. The molecule has 3 atom stereocenters. The quantitative estimate of drug-likeness (QED) is 0.266. The van der Waals surface area contributed by atoms with Gasteiger partial charge in [0.15, 0.2) is 0 Å². The number of nitrogens with one attached hydrogen (secondary N) is 1. The molecule has 0 saturated carbocycles. The molecule has 0 spiro atoms. The van der Waals surface area contributed by atoms with Gasteiger partial charge in [0, 0.05) is 19.4 Å². The second-order valence-electron chi connectivity index (χ2n) is 9.67. The first kappa shape index (κ1) is 29.9. The van der Waals surface area contributed by atoms with Gasteiger partial charge >= 0.3 is 5.92 Å². The number of unbranched alkanes of at least 4 members (excludes halogenated alkanes) is 3. The van der Waals surface area contributed by atoms with Crippen LogP contribution in [0.5, 0.6) is 0 Å². The Bertz CT molecular complexity index is 985. The van der Waals surface area contributed by atoms with Crippen molar-refractivity contribution in [2.24, 2.45) is 5.92 Å². The zero-order chi connectivity index (χ0) is 26.8. The van der Waals surface area contributed by atoms with Gasteiger partial charge in [-0.15, -0.1) is 0 Å². The molecule has 2 amide bonds. The zero-order valence-corrected chi connectivity index (χ0v) is 21.9. The van der Waals surface area contributed by atoms with Gasteiger partial charge in [0.2, 0.25) is 15.9 Å². The average molecular weight is 529 g/mol. The van der Waals surface area contributed by atoms with Crippen molar-refractivity contribution in [1.82, 2.24) is 9.62 Å². The van der Waals surface area contributed by atoms with Crippen LogP contribution in [0.4, 0.5) is 8.78 Å². The molecule has 7 nitrogen and oxygen atoms in total. The van der Waals surface area contributed by atoms with Crippen molar-refractivity contribution in [1.29, 1.82) is 0 Å². The summed E-state index contributed by atoms with van der Waals surface area (Å²) in [6.45, 7) is 2.07. The van der Waals surface area contributed by atoms with Crippen LogP contribution in [-0.2, 0) is 26.0 Å². The number of carbonyl (C=O) groups is 2. The number of aryl methyl sites for hydroxylation is 1. The van der Waals surface area contributed by atoms with Gasteiger partial charge in [0.1, 0.15) is 0 Å². The number of nitrogens with zero attached hydrogens (tertiary/aromatic N) is 1. The van der Waals surface area contributed by atoms with Crippen LogP contribution in [0.2, 0.25) is 0 Å². The molecule has 0 bridgehead atoms. The lowest BCUT2D eigenvalue weighted by Crippen LogP contribution is -2.36. The molecule has 1 fully saturated rings. The van der Waals surface area contributed by atoms with Gasteiger partial charge in [-0.3, -0.25) is 14.3 Å². The molecule has 0 aliphatic carbocycles. The summed E-state index contributed by atoms with van der Waals surface area (Å²) in [4.78, 5) is 24.9. The van der Waals surface area contributed by atoms with Crippen LogP contribution in [0.1, 0.15) is 63.9 Å². The van der Waals surface area contributed by atoms with E-state index < -0.39 is 46.3 Å². The largest absolute Gasteiger partial charge is 0.389 e. The van der Waals surface area contributed by atoms with E-state index in [1.807, 2.05) is 29.8 Å². The minimum Gasteiger partial charge on any atom is -0.389 e. The highest BCUT2D eigenvalue weighted by Gasteiger charge is 2.52. The highest BCUT2D eigenvalue weighted by atomic mass is 32.2. The minimum atomic E-state index is -3.58. The normalized spacial score (nSPS) is 19.5. The van der Waals surface area contributed by atoms with Crippen molar-refractivity contribution in [3.63, 3.8) is 0 Å². The number of rotatable bonds is 15. The van der Waals surface area contributed by atoms with E-state index in [9.17, 15) is 31.9 Å². The Morgan fingerprint density at radius 1 is 1.19 bits per heavy atom. The van der Waals surface area contributed by atoms with Crippen LogP contribution in [0.25, 0.3) is 0 Å². The van der Waals surface area contributed by atoms with Gasteiger partial charge in [-0.2, -0.15) is 8.78 Å². The molecule has 0 aromatic heterocycles. The average Bonchev–Trinajstić information content (AvgIpc) is 3.01. The standard InChI is InChI=1S/C26H38F2N2O5S/c1-20(11-10-14-21-12-6-5-7-13-21)23(31)17-16-22-19-26(27,28)25(33)30(22)18-9-4-3-8-15-24(32)29-36(2,34)35/h5-7,12-13,16-17,20,22-23,31H,3-4,8-11,14-15,18-19H2,1-2H3,(H,29,32)/b17-16+/t20?,22-,23?/m0/s1. The van der Waals surface area contributed by atoms with Crippen LogP contribution < -0.4 is 4.72 Å². The summed E-state index contributed by atoms with van der Waals surface area (Å²) < 4.78 is 52.2. The molecule has 1 heterocycles. The fourth-order valence-corrected chi connectivity index (χ4v) is 4.83. The molecular formula is C26H38F2N2O5S. The maximum Gasteiger partial charge on any atom is 0.327 e. The van der Waals surface area contributed by atoms with Gasteiger partial charge in [0.05, 0.1) is 18.4 Å². The SMILES string of the molecule is CC(CCCc1ccccc1)C(O)/C=C/[C@H]1CC(F)(F)C(=O)N1CCCCCCC(=O)NS(C)(=O)=O. The Hall–Kier alpha value is -2.33. The molecule has 10 heteroatoms. The monoisotopic (exact) mass is 528 g/mol. The lowest BCUT2D eigenvalue weighted by Gasteiger charge is -2.22. The fourth-order valence-electron chi connectivity index (χ4n) is 4.31. The van der Waals surface area contributed by atoms with E-state index in [1.54, 1.807) is 0 Å². The van der Waals surface area contributed by atoms with E-state index >= 15 is 0 Å². The number of likely N-dealkylation sites (tertiary alicyclic amines) is 1. The summed E-state index contributed by atoms with van der Waals surface area (Å²) in [6, 6.07) is 9.28. The van der Waals surface area contributed by atoms with Gasteiger partial charge in [-0.1, -0.05) is 62.2 Å². The summed E-state index contributed by atoms with van der Waals surface area (Å²) in [5.41, 5.74) is 1.23. The fraction of sp³-hybridized carbons (Fsp3) is 0.615. The maximum absolute atomic E-state index is 14.1. The Morgan fingerprint density at radius 3 is 2.53 bits per heavy atom. The highest BCUT2D eigenvalue weighted by molar-refractivity contribution is 7.89. The number of aliphatic hydroxyl groups excluding tert-OH is 1. The molecule has 2 N–H and O–H groups in total. The lowest BCUT2D eigenvalue weighted by atomic mass is 9.95. The van der Waals surface area contributed by atoms with Gasteiger partial charge in [-0.25, -0.2) is 8.42 Å². The number of alkyl halides is 2. The van der Waals surface area contributed by atoms with E-state index in [-0.39, 0.29) is 18.9 Å². The predicted octanol–water partition coefficient (Wildman–Crippen LogP) is 3.83. The summed E-state index contributed by atoms with van der Waals surface area (Å²) in [5.74, 6) is -5.25.